The van der Waals surface area contributed by atoms with Gasteiger partial charge in [-0.05, 0) is 38.8 Å². The van der Waals surface area contributed by atoms with E-state index in [2.05, 4.69) is 30.9 Å². The summed E-state index contributed by atoms with van der Waals surface area (Å²) in [7, 11) is 0. The molecule has 2 nitrogen and oxygen atoms in total. The molecule has 2 heteroatoms. The summed E-state index contributed by atoms with van der Waals surface area (Å²) in [6.45, 7) is 5.67. The van der Waals surface area contributed by atoms with Crippen molar-refractivity contribution in [1.29, 1.82) is 0 Å². The topological polar surface area (TPSA) is 23.5 Å². The number of rotatable bonds is 3. The number of benzene rings is 1. The Morgan fingerprint density at radius 2 is 2.06 bits per heavy atom. The van der Waals surface area contributed by atoms with Gasteiger partial charge in [-0.25, -0.2) is 0 Å². The standard InChI is InChI=1S/C14H21NO/c1-12-7-6-10-15(12)14(2,11-16)13-8-4-3-5-9-13/h3-5,8-9,12,16H,6-7,10-11H2,1-2H3. The van der Waals surface area contributed by atoms with Crippen molar-refractivity contribution in [2.75, 3.05) is 13.2 Å². The van der Waals surface area contributed by atoms with Crippen LogP contribution in [0.2, 0.25) is 0 Å². The maximum Gasteiger partial charge on any atom is 0.0667 e. The first-order valence-corrected chi connectivity index (χ1v) is 6.11. The Hall–Kier alpha value is -0.860. The number of aliphatic hydroxyl groups excluding tert-OH is 1. The summed E-state index contributed by atoms with van der Waals surface area (Å²) >= 11 is 0. The van der Waals surface area contributed by atoms with E-state index in [1.165, 1.54) is 18.4 Å². The molecule has 0 spiro atoms. The van der Waals surface area contributed by atoms with Crippen molar-refractivity contribution >= 4 is 0 Å². The summed E-state index contributed by atoms with van der Waals surface area (Å²) in [5, 5.41) is 9.78. The van der Waals surface area contributed by atoms with E-state index in [0.717, 1.165) is 6.54 Å². The van der Waals surface area contributed by atoms with Crippen LogP contribution < -0.4 is 0 Å². The summed E-state index contributed by atoms with van der Waals surface area (Å²) in [6.07, 6.45) is 2.48. The van der Waals surface area contributed by atoms with Gasteiger partial charge in [0.25, 0.3) is 0 Å². The summed E-state index contributed by atoms with van der Waals surface area (Å²) in [5.41, 5.74) is 0.989. The highest BCUT2D eigenvalue weighted by Crippen LogP contribution is 2.34. The van der Waals surface area contributed by atoms with E-state index < -0.39 is 0 Å². The van der Waals surface area contributed by atoms with Crippen LogP contribution in [-0.4, -0.2) is 29.2 Å². The molecule has 2 rings (SSSR count). The third kappa shape index (κ3) is 1.87. The van der Waals surface area contributed by atoms with Gasteiger partial charge in [-0.3, -0.25) is 4.90 Å². The van der Waals surface area contributed by atoms with Crippen molar-refractivity contribution < 1.29 is 5.11 Å². The van der Waals surface area contributed by atoms with E-state index in [4.69, 9.17) is 0 Å². The van der Waals surface area contributed by atoms with Gasteiger partial charge in [0.05, 0.1) is 12.1 Å². The number of aliphatic hydroxyl groups is 1. The van der Waals surface area contributed by atoms with Crippen LogP contribution in [0.15, 0.2) is 30.3 Å². The monoisotopic (exact) mass is 219 g/mol. The van der Waals surface area contributed by atoms with Gasteiger partial charge in [-0.1, -0.05) is 30.3 Å². The van der Waals surface area contributed by atoms with Crippen molar-refractivity contribution in [3.05, 3.63) is 35.9 Å². The minimum Gasteiger partial charge on any atom is -0.394 e. The normalized spacial score (nSPS) is 25.6. The van der Waals surface area contributed by atoms with Gasteiger partial charge in [0.1, 0.15) is 0 Å². The lowest BCUT2D eigenvalue weighted by Gasteiger charge is -2.40. The van der Waals surface area contributed by atoms with Gasteiger partial charge in [0.15, 0.2) is 0 Å². The summed E-state index contributed by atoms with van der Waals surface area (Å²) < 4.78 is 0. The molecule has 1 aromatic carbocycles. The third-order valence-corrected chi connectivity index (χ3v) is 3.89. The molecule has 1 aliphatic rings. The van der Waals surface area contributed by atoms with E-state index in [1.54, 1.807) is 0 Å². The van der Waals surface area contributed by atoms with E-state index in [-0.39, 0.29) is 12.1 Å². The molecule has 1 fully saturated rings. The van der Waals surface area contributed by atoms with Crippen molar-refractivity contribution in [3.63, 3.8) is 0 Å². The molecule has 0 bridgehead atoms. The highest BCUT2D eigenvalue weighted by atomic mass is 16.3. The van der Waals surface area contributed by atoms with E-state index in [9.17, 15) is 5.11 Å². The fraction of sp³-hybridized carbons (Fsp3) is 0.571. The molecule has 2 unspecified atom stereocenters. The molecule has 1 aromatic rings. The molecular formula is C14H21NO. The fourth-order valence-corrected chi connectivity index (χ4v) is 2.81. The minimum absolute atomic E-state index is 0.182. The van der Waals surface area contributed by atoms with Crippen LogP contribution in [0.1, 0.15) is 32.3 Å². The fourth-order valence-electron chi connectivity index (χ4n) is 2.81. The van der Waals surface area contributed by atoms with Gasteiger partial charge in [-0.2, -0.15) is 0 Å². The second kappa shape index (κ2) is 4.56. The van der Waals surface area contributed by atoms with E-state index in [1.807, 2.05) is 18.2 Å². The molecule has 0 radical (unpaired) electrons. The highest BCUT2D eigenvalue weighted by molar-refractivity contribution is 5.24. The molecule has 0 saturated carbocycles. The number of hydrogen-bond acceptors (Lipinski definition) is 2. The Labute approximate surface area is 97.9 Å². The molecule has 0 aliphatic carbocycles. The van der Waals surface area contributed by atoms with Gasteiger partial charge in [0.2, 0.25) is 0 Å². The maximum absolute atomic E-state index is 9.78. The SMILES string of the molecule is CC1CCCN1C(C)(CO)c1ccccc1. The summed E-state index contributed by atoms with van der Waals surface area (Å²) in [6, 6.07) is 10.9. The number of hydrogen-bond donors (Lipinski definition) is 1. The third-order valence-electron chi connectivity index (χ3n) is 3.89. The van der Waals surface area contributed by atoms with Gasteiger partial charge in [-0.15, -0.1) is 0 Å². The first-order valence-electron chi connectivity index (χ1n) is 6.11. The molecule has 1 heterocycles. The minimum atomic E-state index is -0.225. The highest BCUT2D eigenvalue weighted by Gasteiger charge is 2.38. The Kier molecular flexibility index (Phi) is 3.31. The molecule has 1 saturated heterocycles. The lowest BCUT2D eigenvalue weighted by molar-refractivity contribution is 0.0351. The predicted molar refractivity (Wildman–Crippen MR) is 66.3 cm³/mol. The first-order chi connectivity index (χ1) is 7.68. The van der Waals surface area contributed by atoms with Crippen LogP contribution in [0.25, 0.3) is 0 Å². The number of nitrogens with zero attached hydrogens (tertiary/aromatic N) is 1. The largest absolute Gasteiger partial charge is 0.394 e. The number of likely N-dealkylation sites (tertiary alicyclic amines) is 1. The predicted octanol–water partition coefficient (Wildman–Crippen LogP) is 2.38. The van der Waals surface area contributed by atoms with Crippen molar-refractivity contribution in [2.45, 2.75) is 38.3 Å². The van der Waals surface area contributed by atoms with Crippen molar-refractivity contribution in [3.8, 4) is 0 Å². The first kappa shape index (κ1) is 11.6. The summed E-state index contributed by atoms with van der Waals surface area (Å²) in [4.78, 5) is 2.43. The molecule has 0 aromatic heterocycles. The second-order valence-corrected chi connectivity index (χ2v) is 4.98. The van der Waals surface area contributed by atoms with Gasteiger partial charge in [0, 0.05) is 6.04 Å². The molecule has 2 atom stereocenters. The smallest absolute Gasteiger partial charge is 0.0667 e. The zero-order valence-electron chi connectivity index (χ0n) is 10.2. The van der Waals surface area contributed by atoms with E-state index >= 15 is 0 Å². The summed E-state index contributed by atoms with van der Waals surface area (Å²) in [5.74, 6) is 0. The Morgan fingerprint density at radius 3 is 2.56 bits per heavy atom. The maximum atomic E-state index is 9.78. The van der Waals surface area contributed by atoms with Crippen molar-refractivity contribution in [1.82, 2.24) is 4.90 Å². The Balaban J connectivity index is 2.32. The quantitative estimate of drug-likeness (QED) is 0.843. The zero-order chi connectivity index (χ0) is 11.6. The Bertz CT molecular complexity index is 338. The molecule has 1 aliphatic heterocycles. The zero-order valence-corrected chi connectivity index (χ0v) is 10.2. The van der Waals surface area contributed by atoms with Crippen LogP contribution in [-0.2, 0) is 5.54 Å². The average Bonchev–Trinajstić information content (AvgIpc) is 2.76. The average molecular weight is 219 g/mol. The molecule has 1 N–H and O–H groups in total. The lowest BCUT2D eigenvalue weighted by Crippen LogP contribution is -2.48. The second-order valence-electron chi connectivity index (χ2n) is 4.98. The molecule has 88 valence electrons. The van der Waals surface area contributed by atoms with Crippen LogP contribution >= 0.6 is 0 Å². The van der Waals surface area contributed by atoms with Crippen LogP contribution in [0.5, 0.6) is 0 Å². The Morgan fingerprint density at radius 1 is 1.38 bits per heavy atom. The molecule has 16 heavy (non-hydrogen) atoms. The van der Waals surface area contributed by atoms with Crippen LogP contribution in [0, 0.1) is 0 Å². The molecular weight excluding hydrogens is 198 g/mol. The van der Waals surface area contributed by atoms with E-state index in [0.29, 0.717) is 6.04 Å². The van der Waals surface area contributed by atoms with Gasteiger partial charge < -0.3 is 5.11 Å². The van der Waals surface area contributed by atoms with Gasteiger partial charge >= 0.3 is 0 Å². The van der Waals surface area contributed by atoms with Crippen LogP contribution in [0.3, 0.4) is 0 Å². The van der Waals surface area contributed by atoms with Crippen LogP contribution in [0.4, 0.5) is 0 Å². The molecule has 0 amide bonds. The lowest BCUT2D eigenvalue weighted by atomic mass is 9.90. The van der Waals surface area contributed by atoms with Crippen molar-refractivity contribution in [2.24, 2.45) is 0 Å².